The van der Waals surface area contributed by atoms with Crippen molar-refractivity contribution in [3.8, 4) is 5.75 Å². The Morgan fingerprint density at radius 3 is 2.68 bits per heavy atom. The molecule has 144 valence electrons. The molecule has 1 fully saturated rings. The second-order valence-electron chi connectivity index (χ2n) is 7.00. The van der Waals surface area contributed by atoms with E-state index >= 15 is 0 Å². The van der Waals surface area contributed by atoms with Crippen LogP contribution in [-0.4, -0.2) is 40.9 Å². The summed E-state index contributed by atoms with van der Waals surface area (Å²) >= 11 is 0. The number of methoxy groups -OCH3 is 1. The minimum atomic E-state index is -0.522. The number of benzene rings is 2. The first-order chi connectivity index (χ1) is 13.6. The van der Waals surface area contributed by atoms with Crippen LogP contribution in [0.15, 0.2) is 48.7 Å². The maximum Gasteiger partial charge on any atom is 0.282 e. The third-order valence-electron chi connectivity index (χ3n) is 5.47. The third-order valence-corrected chi connectivity index (χ3v) is 5.47. The Morgan fingerprint density at radius 1 is 1.21 bits per heavy atom. The Balaban J connectivity index is 1.52. The van der Waals surface area contributed by atoms with Crippen LogP contribution in [0, 0.1) is 10.1 Å². The first kappa shape index (κ1) is 18.0. The average Bonchev–Trinajstić information content (AvgIpc) is 3.17. The first-order valence-electron chi connectivity index (χ1n) is 9.26. The van der Waals surface area contributed by atoms with Crippen molar-refractivity contribution in [3.63, 3.8) is 0 Å². The number of ether oxygens (including phenoxy) is 1. The molecule has 1 amide bonds. The summed E-state index contributed by atoms with van der Waals surface area (Å²) in [7, 11) is 1.47. The zero-order valence-electron chi connectivity index (χ0n) is 15.6. The molecule has 0 unspecified atom stereocenters. The van der Waals surface area contributed by atoms with Crippen LogP contribution >= 0.6 is 0 Å². The first-order valence-corrected chi connectivity index (χ1v) is 9.26. The van der Waals surface area contributed by atoms with Gasteiger partial charge in [0.15, 0.2) is 0 Å². The van der Waals surface area contributed by atoms with Crippen molar-refractivity contribution in [1.29, 1.82) is 0 Å². The highest BCUT2D eigenvalue weighted by Gasteiger charge is 2.30. The molecule has 1 N–H and O–H groups in total. The number of carbonyl (C=O) groups is 1. The molecular weight excluding hydrogens is 358 g/mol. The highest BCUT2D eigenvalue weighted by atomic mass is 16.6. The zero-order valence-corrected chi connectivity index (χ0v) is 15.6. The van der Waals surface area contributed by atoms with Crippen LogP contribution in [0.5, 0.6) is 5.75 Å². The predicted molar refractivity (Wildman–Crippen MR) is 106 cm³/mol. The molecule has 0 radical (unpaired) electrons. The highest BCUT2D eigenvalue weighted by molar-refractivity contribution is 5.98. The number of nitro groups is 1. The van der Waals surface area contributed by atoms with E-state index in [4.69, 9.17) is 4.74 Å². The number of nitrogens with one attached hydrogen (secondary N) is 1. The van der Waals surface area contributed by atoms with Gasteiger partial charge in [0.1, 0.15) is 11.3 Å². The maximum absolute atomic E-state index is 13.0. The van der Waals surface area contributed by atoms with Crippen molar-refractivity contribution in [2.75, 3.05) is 20.2 Å². The van der Waals surface area contributed by atoms with Gasteiger partial charge in [-0.05, 0) is 42.5 Å². The van der Waals surface area contributed by atoms with E-state index in [0.717, 1.165) is 18.4 Å². The number of likely N-dealkylation sites (tertiary alicyclic amines) is 1. The topological polar surface area (TPSA) is 88.5 Å². The van der Waals surface area contributed by atoms with Crippen molar-refractivity contribution in [3.05, 3.63) is 69.9 Å². The normalized spacial score (nSPS) is 15.0. The average molecular weight is 379 g/mol. The van der Waals surface area contributed by atoms with Crippen LogP contribution in [-0.2, 0) is 0 Å². The quantitative estimate of drug-likeness (QED) is 0.546. The number of H-pyrrole nitrogens is 1. The Bertz CT molecular complexity index is 1040. The van der Waals surface area contributed by atoms with Gasteiger partial charge < -0.3 is 14.6 Å². The van der Waals surface area contributed by atoms with E-state index < -0.39 is 4.92 Å². The van der Waals surface area contributed by atoms with Crippen molar-refractivity contribution in [2.24, 2.45) is 0 Å². The summed E-state index contributed by atoms with van der Waals surface area (Å²) in [6.45, 7) is 1.13. The van der Waals surface area contributed by atoms with E-state index in [2.05, 4.69) is 23.3 Å². The molecule has 0 spiro atoms. The number of piperidine rings is 1. The molecule has 0 atom stereocenters. The Labute approximate surface area is 162 Å². The molecule has 0 aliphatic carbocycles. The molecule has 3 aromatic rings. The van der Waals surface area contributed by atoms with Crippen LogP contribution in [0.25, 0.3) is 10.9 Å². The van der Waals surface area contributed by atoms with Crippen LogP contribution < -0.4 is 4.74 Å². The van der Waals surface area contributed by atoms with Crippen molar-refractivity contribution in [1.82, 2.24) is 9.88 Å². The monoisotopic (exact) mass is 379 g/mol. The van der Waals surface area contributed by atoms with Crippen molar-refractivity contribution >= 4 is 22.5 Å². The van der Waals surface area contributed by atoms with E-state index in [0.29, 0.717) is 24.8 Å². The number of aromatic amines is 1. The van der Waals surface area contributed by atoms with Crippen LogP contribution in [0.2, 0.25) is 0 Å². The molecule has 1 aliphatic heterocycles. The lowest BCUT2D eigenvalue weighted by molar-refractivity contribution is -0.385. The largest absolute Gasteiger partial charge is 0.497 e. The fourth-order valence-corrected chi connectivity index (χ4v) is 3.97. The van der Waals surface area contributed by atoms with Gasteiger partial charge in [-0.1, -0.05) is 18.2 Å². The smallest absolute Gasteiger partial charge is 0.282 e. The molecule has 1 saturated heterocycles. The number of rotatable bonds is 4. The molecule has 7 heteroatoms. The number of amides is 1. The number of aromatic nitrogens is 1. The molecule has 1 aliphatic rings. The van der Waals surface area contributed by atoms with Gasteiger partial charge in [0.2, 0.25) is 0 Å². The number of carbonyl (C=O) groups excluding carboxylic acids is 1. The van der Waals surface area contributed by atoms with Gasteiger partial charge in [-0.25, -0.2) is 0 Å². The highest BCUT2D eigenvalue weighted by Crippen LogP contribution is 2.34. The van der Waals surface area contributed by atoms with Crippen LogP contribution in [0.4, 0.5) is 5.69 Å². The third kappa shape index (κ3) is 3.19. The molecular formula is C21H21N3O4. The van der Waals surface area contributed by atoms with Gasteiger partial charge in [-0.2, -0.15) is 0 Å². The minimum Gasteiger partial charge on any atom is -0.497 e. The zero-order chi connectivity index (χ0) is 19.7. The molecule has 2 heterocycles. The SMILES string of the molecule is COc1ccc([N+](=O)[O-])c(C(=O)N2CCC(c3c[nH]c4ccccc34)CC2)c1. The number of nitrogens with zero attached hydrogens (tertiary/aromatic N) is 2. The van der Waals surface area contributed by atoms with Crippen LogP contribution in [0.1, 0.15) is 34.7 Å². The predicted octanol–water partition coefficient (Wildman–Crippen LogP) is 4.10. The number of hydrogen-bond acceptors (Lipinski definition) is 4. The maximum atomic E-state index is 13.0. The van der Waals surface area contributed by atoms with E-state index in [9.17, 15) is 14.9 Å². The van der Waals surface area contributed by atoms with E-state index in [1.165, 1.54) is 36.3 Å². The Kier molecular flexibility index (Phi) is 4.73. The molecule has 4 rings (SSSR count). The molecule has 2 aromatic carbocycles. The molecule has 28 heavy (non-hydrogen) atoms. The van der Waals surface area contributed by atoms with E-state index in [1.807, 2.05) is 12.1 Å². The molecule has 0 saturated carbocycles. The number of fused-ring (bicyclic) bond motifs is 1. The number of para-hydroxylation sites is 1. The summed E-state index contributed by atoms with van der Waals surface area (Å²) in [5.74, 6) is 0.478. The standard InChI is InChI=1S/C21H21N3O4/c1-28-15-6-7-20(24(26)27)17(12-15)21(25)23-10-8-14(9-11-23)18-13-22-19-5-3-2-4-16(18)19/h2-7,12-14,22H,8-11H2,1H3. The summed E-state index contributed by atoms with van der Waals surface area (Å²) in [5, 5.41) is 12.5. The summed E-state index contributed by atoms with van der Waals surface area (Å²) in [4.78, 5) is 28.8. The van der Waals surface area contributed by atoms with Gasteiger partial charge in [-0.3, -0.25) is 14.9 Å². The molecule has 7 nitrogen and oxygen atoms in total. The molecule has 0 bridgehead atoms. The fourth-order valence-electron chi connectivity index (χ4n) is 3.97. The fraction of sp³-hybridized carbons (Fsp3) is 0.286. The van der Waals surface area contributed by atoms with Gasteiger partial charge in [0.05, 0.1) is 12.0 Å². The van der Waals surface area contributed by atoms with Crippen LogP contribution in [0.3, 0.4) is 0 Å². The Morgan fingerprint density at radius 2 is 1.96 bits per heavy atom. The minimum absolute atomic E-state index is 0.0786. The second kappa shape index (κ2) is 7.34. The Hall–Kier alpha value is -3.35. The van der Waals surface area contributed by atoms with Gasteiger partial charge in [0.25, 0.3) is 11.6 Å². The lowest BCUT2D eigenvalue weighted by atomic mass is 9.89. The van der Waals surface area contributed by atoms with E-state index in [-0.39, 0.29) is 17.2 Å². The van der Waals surface area contributed by atoms with Gasteiger partial charge in [-0.15, -0.1) is 0 Å². The summed E-state index contributed by atoms with van der Waals surface area (Å²) in [6.07, 6.45) is 3.70. The van der Waals surface area contributed by atoms with Gasteiger partial charge in [0, 0.05) is 36.3 Å². The summed E-state index contributed by atoms with van der Waals surface area (Å²) < 4.78 is 5.14. The van der Waals surface area contributed by atoms with E-state index in [1.54, 1.807) is 4.90 Å². The van der Waals surface area contributed by atoms with Crippen molar-refractivity contribution in [2.45, 2.75) is 18.8 Å². The number of hydrogen-bond donors (Lipinski definition) is 1. The molecule has 1 aromatic heterocycles. The van der Waals surface area contributed by atoms with Gasteiger partial charge >= 0.3 is 0 Å². The summed E-state index contributed by atoms with van der Waals surface area (Å²) in [5.41, 5.74) is 2.28. The second-order valence-corrected chi connectivity index (χ2v) is 7.00. The number of nitro benzene ring substituents is 1. The summed E-state index contributed by atoms with van der Waals surface area (Å²) in [6, 6.07) is 12.5. The lowest BCUT2D eigenvalue weighted by Crippen LogP contribution is -2.38. The van der Waals surface area contributed by atoms with Crippen molar-refractivity contribution < 1.29 is 14.5 Å². The lowest BCUT2D eigenvalue weighted by Gasteiger charge is -2.32.